The third kappa shape index (κ3) is 4.88. The van der Waals surface area contributed by atoms with Crippen molar-refractivity contribution in [3.8, 4) is 11.5 Å². The largest absolute Gasteiger partial charge is 0.497 e. The number of methoxy groups -OCH3 is 1. The quantitative estimate of drug-likeness (QED) is 0.603. The first-order valence-electron chi connectivity index (χ1n) is 11.2. The number of imide groups is 1. The van der Waals surface area contributed by atoms with E-state index in [2.05, 4.69) is 0 Å². The average molecular weight is 451 g/mol. The highest BCUT2D eigenvalue weighted by Gasteiger charge is 2.42. The molecule has 1 fully saturated rings. The lowest BCUT2D eigenvalue weighted by molar-refractivity contribution is -0.138. The van der Waals surface area contributed by atoms with Gasteiger partial charge < -0.3 is 19.1 Å². The summed E-state index contributed by atoms with van der Waals surface area (Å²) in [6.07, 6.45) is -0.0632. The topological polar surface area (TPSA) is 68.3 Å². The van der Waals surface area contributed by atoms with Gasteiger partial charge >= 0.3 is 0 Å². The van der Waals surface area contributed by atoms with Gasteiger partial charge in [0.25, 0.3) is 11.8 Å². The smallest absolute Gasteiger partial charge is 0.277 e. The van der Waals surface area contributed by atoms with Gasteiger partial charge in [-0.2, -0.15) is 0 Å². The molecule has 7 heteroatoms. The van der Waals surface area contributed by atoms with Crippen LogP contribution in [0.2, 0.25) is 0 Å². The number of hydrogen-bond donors (Lipinski definition) is 0. The zero-order valence-corrected chi connectivity index (χ0v) is 19.5. The third-order valence-electron chi connectivity index (χ3n) is 5.86. The van der Waals surface area contributed by atoms with Crippen molar-refractivity contribution in [2.45, 2.75) is 33.0 Å². The predicted molar refractivity (Wildman–Crippen MR) is 125 cm³/mol. The van der Waals surface area contributed by atoms with Crippen LogP contribution in [0.25, 0.3) is 5.57 Å². The summed E-state index contributed by atoms with van der Waals surface area (Å²) in [5.74, 6) is 0.814. The number of aryl methyl sites for hydroxylation is 1. The Morgan fingerprint density at radius 2 is 1.52 bits per heavy atom. The molecule has 0 aromatic heterocycles. The number of ether oxygens (including phenoxy) is 3. The third-order valence-corrected chi connectivity index (χ3v) is 5.86. The summed E-state index contributed by atoms with van der Waals surface area (Å²) in [4.78, 5) is 30.2. The molecule has 7 nitrogen and oxygen atoms in total. The molecule has 4 rings (SSSR count). The molecular weight excluding hydrogens is 420 g/mol. The minimum atomic E-state index is -0.288. The Kier molecular flexibility index (Phi) is 6.70. The molecule has 1 saturated heterocycles. The molecule has 0 aliphatic carbocycles. The van der Waals surface area contributed by atoms with Gasteiger partial charge in [0.15, 0.2) is 0 Å². The lowest BCUT2D eigenvalue weighted by atomic mass is 10.0. The first-order valence-corrected chi connectivity index (χ1v) is 11.2. The minimum Gasteiger partial charge on any atom is -0.497 e. The van der Waals surface area contributed by atoms with Crippen LogP contribution in [-0.4, -0.2) is 67.2 Å². The first kappa shape index (κ1) is 22.9. The number of benzene rings is 2. The number of carbonyl (C=O) groups is 2. The summed E-state index contributed by atoms with van der Waals surface area (Å²) >= 11 is 0. The Balaban J connectivity index is 1.56. The second-order valence-corrected chi connectivity index (χ2v) is 8.54. The van der Waals surface area contributed by atoms with Crippen LogP contribution in [0.4, 0.5) is 0 Å². The summed E-state index contributed by atoms with van der Waals surface area (Å²) in [6.45, 7) is 7.45. The van der Waals surface area contributed by atoms with Crippen LogP contribution in [0.5, 0.6) is 11.5 Å². The number of morpholine rings is 1. The minimum absolute atomic E-state index is 0.0316. The van der Waals surface area contributed by atoms with Crippen LogP contribution in [0.3, 0.4) is 0 Å². The summed E-state index contributed by atoms with van der Waals surface area (Å²) in [5.41, 5.74) is 2.75. The fourth-order valence-corrected chi connectivity index (χ4v) is 4.33. The van der Waals surface area contributed by atoms with Crippen LogP contribution in [-0.2, 0) is 14.3 Å². The Bertz CT molecular complexity index is 1040. The van der Waals surface area contributed by atoms with E-state index >= 15 is 0 Å². The number of rotatable bonds is 7. The molecule has 0 saturated carbocycles. The zero-order chi connectivity index (χ0) is 23.5. The van der Waals surface area contributed by atoms with E-state index < -0.39 is 0 Å². The van der Waals surface area contributed by atoms with E-state index in [0.29, 0.717) is 30.1 Å². The zero-order valence-electron chi connectivity index (χ0n) is 19.5. The van der Waals surface area contributed by atoms with E-state index in [4.69, 9.17) is 14.2 Å². The van der Waals surface area contributed by atoms with Crippen molar-refractivity contribution in [2.24, 2.45) is 0 Å². The van der Waals surface area contributed by atoms with E-state index in [9.17, 15) is 9.59 Å². The summed E-state index contributed by atoms with van der Waals surface area (Å²) in [5, 5.41) is 0. The molecular formula is C26H30N2O5. The molecule has 2 atom stereocenters. The highest BCUT2D eigenvalue weighted by Crippen LogP contribution is 2.33. The molecule has 0 N–H and O–H groups in total. The lowest BCUT2D eigenvalue weighted by Gasteiger charge is -2.37. The SMILES string of the molecule is COc1ccc(OCCN2C(=O)C(c3ccc(C)cc3)=C(N3CC(C)OC(C)C3)C2=O)cc1. The molecule has 2 amide bonds. The molecule has 174 valence electrons. The molecule has 2 aliphatic rings. The Hall–Kier alpha value is -3.32. The van der Waals surface area contributed by atoms with Crippen molar-refractivity contribution in [3.05, 3.63) is 65.4 Å². The number of amides is 2. The molecule has 2 aliphatic heterocycles. The Labute approximate surface area is 194 Å². The van der Waals surface area contributed by atoms with Gasteiger partial charge in [0.2, 0.25) is 0 Å². The molecule has 0 bridgehead atoms. The van der Waals surface area contributed by atoms with Crippen LogP contribution in [0.15, 0.2) is 54.2 Å². The van der Waals surface area contributed by atoms with E-state index in [1.54, 1.807) is 31.4 Å². The Morgan fingerprint density at radius 3 is 2.12 bits per heavy atom. The molecule has 0 spiro atoms. The normalized spacial score (nSPS) is 21.1. The maximum atomic E-state index is 13.5. The van der Waals surface area contributed by atoms with Crippen molar-refractivity contribution in [1.29, 1.82) is 0 Å². The van der Waals surface area contributed by atoms with Crippen LogP contribution in [0, 0.1) is 6.92 Å². The van der Waals surface area contributed by atoms with Gasteiger partial charge in [0.05, 0.1) is 31.4 Å². The highest BCUT2D eigenvalue weighted by molar-refractivity contribution is 6.35. The average Bonchev–Trinajstić information content (AvgIpc) is 3.04. The number of nitrogens with zero attached hydrogens (tertiary/aromatic N) is 2. The highest BCUT2D eigenvalue weighted by atomic mass is 16.5. The second-order valence-electron chi connectivity index (χ2n) is 8.54. The molecule has 2 aromatic rings. The monoisotopic (exact) mass is 450 g/mol. The predicted octanol–water partition coefficient (Wildman–Crippen LogP) is 3.27. The summed E-state index contributed by atoms with van der Waals surface area (Å²) in [6, 6.07) is 14.9. The van der Waals surface area contributed by atoms with Crippen molar-refractivity contribution >= 4 is 17.4 Å². The van der Waals surface area contributed by atoms with Crippen molar-refractivity contribution in [3.63, 3.8) is 0 Å². The van der Waals surface area contributed by atoms with Gasteiger partial charge in [-0.3, -0.25) is 14.5 Å². The summed E-state index contributed by atoms with van der Waals surface area (Å²) in [7, 11) is 1.60. The van der Waals surface area contributed by atoms with Gasteiger partial charge in [-0.05, 0) is 50.6 Å². The van der Waals surface area contributed by atoms with Crippen molar-refractivity contribution in [1.82, 2.24) is 9.80 Å². The number of carbonyl (C=O) groups excluding carboxylic acids is 2. The number of hydrogen-bond acceptors (Lipinski definition) is 6. The fourth-order valence-electron chi connectivity index (χ4n) is 4.33. The standard InChI is InChI=1S/C26H30N2O5/c1-17-5-7-20(8-6-17)23-24(27-15-18(2)33-19(3)16-27)26(30)28(25(23)29)13-14-32-22-11-9-21(31-4)10-12-22/h5-12,18-19H,13-16H2,1-4H3. The maximum absolute atomic E-state index is 13.5. The maximum Gasteiger partial charge on any atom is 0.277 e. The van der Waals surface area contributed by atoms with Gasteiger partial charge in [-0.25, -0.2) is 0 Å². The fraction of sp³-hybridized carbons (Fsp3) is 0.385. The molecule has 0 radical (unpaired) electrons. The van der Waals surface area contributed by atoms with E-state index in [1.165, 1.54) is 4.90 Å². The van der Waals surface area contributed by atoms with E-state index in [0.717, 1.165) is 16.9 Å². The van der Waals surface area contributed by atoms with E-state index in [-0.39, 0.29) is 37.2 Å². The van der Waals surface area contributed by atoms with Crippen LogP contribution in [0.1, 0.15) is 25.0 Å². The van der Waals surface area contributed by atoms with Crippen LogP contribution < -0.4 is 9.47 Å². The Morgan fingerprint density at radius 1 is 0.909 bits per heavy atom. The van der Waals surface area contributed by atoms with Crippen molar-refractivity contribution < 1.29 is 23.8 Å². The second kappa shape index (κ2) is 9.67. The van der Waals surface area contributed by atoms with Crippen LogP contribution >= 0.6 is 0 Å². The molecule has 2 unspecified atom stereocenters. The first-order chi connectivity index (χ1) is 15.9. The van der Waals surface area contributed by atoms with Gasteiger partial charge in [0, 0.05) is 13.1 Å². The van der Waals surface area contributed by atoms with Crippen molar-refractivity contribution in [2.75, 3.05) is 33.4 Å². The summed E-state index contributed by atoms with van der Waals surface area (Å²) < 4.78 is 16.8. The van der Waals surface area contributed by atoms with E-state index in [1.807, 2.05) is 49.9 Å². The van der Waals surface area contributed by atoms with Gasteiger partial charge in [0.1, 0.15) is 23.8 Å². The molecule has 2 aromatic carbocycles. The lowest BCUT2D eigenvalue weighted by Crippen LogP contribution is -2.47. The van der Waals surface area contributed by atoms with Gasteiger partial charge in [-0.1, -0.05) is 29.8 Å². The molecule has 33 heavy (non-hydrogen) atoms. The van der Waals surface area contributed by atoms with Gasteiger partial charge in [-0.15, -0.1) is 0 Å². The molecule has 2 heterocycles.